The van der Waals surface area contributed by atoms with Crippen LogP contribution in [0.5, 0.6) is 5.75 Å². The average molecular weight is 459 g/mol. The number of aromatic amines is 1. The molecule has 0 saturated heterocycles. The predicted octanol–water partition coefficient (Wildman–Crippen LogP) is 5.50. The molecule has 0 spiro atoms. The highest BCUT2D eigenvalue weighted by atomic mass is 32.1. The second-order valence-corrected chi connectivity index (χ2v) is 9.84. The van der Waals surface area contributed by atoms with Gasteiger partial charge in [-0.3, -0.25) is 4.79 Å². The Hall–Kier alpha value is -3.45. The fourth-order valence-corrected chi connectivity index (χ4v) is 4.99. The standard InChI is InChI=1S/C26H26N4O2S/c1-26(2)12-18-21(19(31)13-26)20(22-23(27)29-25(33)30-24(22)28-18)16-8-10-17(11-9-16)32-14-15-6-4-3-5-7-15/h3-11,20H,12-14H2,1-2H3,(H4,27,28,29,30,33). The van der Waals surface area contributed by atoms with Crippen LogP contribution in [0.15, 0.2) is 65.9 Å². The van der Waals surface area contributed by atoms with E-state index < -0.39 is 0 Å². The summed E-state index contributed by atoms with van der Waals surface area (Å²) in [6.07, 6.45) is 1.25. The third-order valence-corrected chi connectivity index (χ3v) is 6.42. The van der Waals surface area contributed by atoms with Gasteiger partial charge in [0.05, 0.1) is 0 Å². The number of hydrogen-bond acceptors (Lipinski definition) is 6. The molecule has 0 fully saturated rings. The van der Waals surface area contributed by atoms with E-state index in [9.17, 15) is 4.79 Å². The van der Waals surface area contributed by atoms with Crippen LogP contribution in [0, 0.1) is 10.2 Å². The number of carbonyl (C=O) groups is 1. The van der Waals surface area contributed by atoms with Crippen LogP contribution >= 0.6 is 12.2 Å². The molecule has 1 aliphatic heterocycles. The zero-order valence-corrected chi connectivity index (χ0v) is 19.5. The molecule has 1 aromatic heterocycles. The molecule has 6 nitrogen and oxygen atoms in total. The summed E-state index contributed by atoms with van der Waals surface area (Å²) in [6, 6.07) is 17.9. The molecule has 2 aliphatic rings. The molecule has 0 saturated carbocycles. The summed E-state index contributed by atoms with van der Waals surface area (Å²) < 4.78 is 6.26. The summed E-state index contributed by atoms with van der Waals surface area (Å²) in [7, 11) is 0. The number of carbonyl (C=O) groups excluding carboxylic acids is 1. The molecular formula is C26H26N4O2S. The number of H-pyrrole nitrogens is 1. The van der Waals surface area contributed by atoms with Crippen LogP contribution in [0.1, 0.15) is 49.3 Å². The van der Waals surface area contributed by atoms with Gasteiger partial charge in [0, 0.05) is 29.2 Å². The van der Waals surface area contributed by atoms with E-state index >= 15 is 0 Å². The molecule has 33 heavy (non-hydrogen) atoms. The van der Waals surface area contributed by atoms with Crippen molar-refractivity contribution in [1.29, 1.82) is 0 Å². The highest BCUT2D eigenvalue weighted by Gasteiger charge is 2.42. The van der Waals surface area contributed by atoms with Crippen molar-refractivity contribution in [3.8, 4) is 5.75 Å². The Morgan fingerprint density at radius 2 is 1.85 bits per heavy atom. The van der Waals surface area contributed by atoms with Crippen molar-refractivity contribution in [2.45, 2.75) is 39.2 Å². The van der Waals surface area contributed by atoms with Gasteiger partial charge in [-0.25, -0.2) is 4.98 Å². The van der Waals surface area contributed by atoms with Gasteiger partial charge in [0.25, 0.3) is 0 Å². The third-order valence-electron chi connectivity index (χ3n) is 6.23. The molecule has 0 radical (unpaired) electrons. The Balaban J connectivity index is 1.53. The fourth-order valence-electron chi connectivity index (χ4n) is 4.79. The van der Waals surface area contributed by atoms with E-state index in [1.165, 1.54) is 0 Å². The minimum atomic E-state index is -0.317. The number of benzene rings is 2. The van der Waals surface area contributed by atoms with Gasteiger partial charge < -0.3 is 20.8 Å². The Kier molecular flexibility index (Phi) is 5.29. The van der Waals surface area contributed by atoms with Gasteiger partial charge in [-0.2, -0.15) is 0 Å². The molecule has 7 heteroatoms. The second-order valence-electron chi connectivity index (χ2n) is 9.45. The number of nitrogen functional groups attached to an aromatic ring is 1. The van der Waals surface area contributed by atoms with Gasteiger partial charge >= 0.3 is 0 Å². The van der Waals surface area contributed by atoms with Crippen LogP contribution in [0.25, 0.3) is 0 Å². The summed E-state index contributed by atoms with van der Waals surface area (Å²) in [5.41, 5.74) is 10.7. The lowest BCUT2D eigenvalue weighted by Crippen LogP contribution is -2.34. The smallest absolute Gasteiger partial charge is 0.200 e. The second kappa shape index (κ2) is 8.15. The van der Waals surface area contributed by atoms with Crippen molar-refractivity contribution in [1.82, 2.24) is 9.97 Å². The van der Waals surface area contributed by atoms with Crippen LogP contribution < -0.4 is 15.8 Å². The zero-order chi connectivity index (χ0) is 23.2. The number of fused-ring (bicyclic) bond motifs is 1. The van der Waals surface area contributed by atoms with Gasteiger partial charge in [-0.15, -0.1) is 0 Å². The van der Waals surface area contributed by atoms with Crippen LogP contribution in [-0.2, 0) is 11.4 Å². The number of rotatable bonds is 4. The van der Waals surface area contributed by atoms with Crippen molar-refractivity contribution in [3.05, 3.63) is 87.3 Å². The fraction of sp³-hybridized carbons (Fsp3) is 0.269. The first-order chi connectivity index (χ1) is 15.8. The first-order valence-electron chi connectivity index (χ1n) is 11.0. The first kappa shape index (κ1) is 21.4. The number of hydrogen-bond donors (Lipinski definition) is 3. The van der Waals surface area contributed by atoms with Crippen molar-refractivity contribution < 1.29 is 9.53 Å². The Morgan fingerprint density at radius 3 is 2.58 bits per heavy atom. The normalized spacial score (nSPS) is 18.8. The minimum absolute atomic E-state index is 0.122. The van der Waals surface area contributed by atoms with Gasteiger partial charge in [0.1, 0.15) is 24.0 Å². The molecule has 3 aromatic rings. The number of Topliss-reactive ketones (excluding diaryl/α,β-unsaturated/α-hetero) is 1. The lowest BCUT2D eigenvalue weighted by molar-refractivity contribution is -0.118. The van der Waals surface area contributed by atoms with E-state index in [2.05, 4.69) is 29.1 Å². The average Bonchev–Trinajstić information content (AvgIpc) is 2.76. The molecule has 168 valence electrons. The van der Waals surface area contributed by atoms with E-state index in [-0.39, 0.29) is 17.1 Å². The number of anilines is 2. The summed E-state index contributed by atoms with van der Waals surface area (Å²) in [4.78, 5) is 20.8. The summed E-state index contributed by atoms with van der Waals surface area (Å²) >= 11 is 5.26. The molecule has 5 rings (SSSR count). The minimum Gasteiger partial charge on any atom is -0.489 e. The van der Waals surface area contributed by atoms with Crippen molar-refractivity contribution in [3.63, 3.8) is 0 Å². The lowest BCUT2D eigenvalue weighted by Gasteiger charge is -2.39. The maximum absolute atomic E-state index is 13.3. The quantitative estimate of drug-likeness (QED) is 0.447. The van der Waals surface area contributed by atoms with Gasteiger partial charge in [0.15, 0.2) is 10.6 Å². The molecule has 4 N–H and O–H groups in total. The van der Waals surface area contributed by atoms with E-state index in [0.717, 1.165) is 40.1 Å². The lowest BCUT2D eigenvalue weighted by atomic mass is 9.69. The maximum atomic E-state index is 13.3. The van der Waals surface area contributed by atoms with E-state index in [0.29, 0.717) is 29.4 Å². The predicted molar refractivity (Wildman–Crippen MR) is 132 cm³/mol. The number of ketones is 1. The van der Waals surface area contributed by atoms with Crippen LogP contribution in [0.3, 0.4) is 0 Å². The number of nitrogens with two attached hydrogens (primary N) is 1. The van der Waals surface area contributed by atoms with Crippen LogP contribution in [-0.4, -0.2) is 15.8 Å². The number of aromatic nitrogens is 2. The SMILES string of the molecule is CC1(C)CC(=O)C2=C(C1)Nc1nc(=S)[nH]c(N)c1C2c1ccc(OCc2ccccc2)cc1. The molecule has 1 unspecified atom stereocenters. The van der Waals surface area contributed by atoms with Crippen LogP contribution in [0.2, 0.25) is 0 Å². The Bertz CT molecular complexity index is 1310. The number of allylic oxidation sites excluding steroid dienone is 2. The topological polar surface area (TPSA) is 93.0 Å². The monoisotopic (exact) mass is 458 g/mol. The highest BCUT2D eigenvalue weighted by molar-refractivity contribution is 7.71. The largest absolute Gasteiger partial charge is 0.489 e. The van der Waals surface area contributed by atoms with Crippen molar-refractivity contribution in [2.24, 2.45) is 5.41 Å². The van der Waals surface area contributed by atoms with Crippen molar-refractivity contribution in [2.75, 3.05) is 11.1 Å². The molecule has 1 aliphatic carbocycles. The van der Waals surface area contributed by atoms with Crippen molar-refractivity contribution >= 4 is 29.6 Å². The third kappa shape index (κ3) is 4.16. The van der Waals surface area contributed by atoms with E-state index in [1.54, 1.807) is 0 Å². The summed E-state index contributed by atoms with van der Waals surface area (Å²) in [5.74, 6) is 1.63. The maximum Gasteiger partial charge on any atom is 0.200 e. The molecule has 0 amide bonds. The van der Waals surface area contributed by atoms with Gasteiger partial charge in [-0.05, 0) is 47.3 Å². The highest BCUT2D eigenvalue weighted by Crippen LogP contribution is 2.49. The summed E-state index contributed by atoms with van der Waals surface area (Å²) in [5, 5.41) is 3.37. The first-order valence-corrected chi connectivity index (χ1v) is 11.4. The Labute approximate surface area is 197 Å². The van der Waals surface area contributed by atoms with Gasteiger partial charge in [-0.1, -0.05) is 56.3 Å². The zero-order valence-electron chi connectivity index (χ0n) is 18.6. The van der Waals surface area contributed by atoms with E-state index in [4.69, 9.17) is 22.7 Å². The molecule has 0 bridgehead atoms. The van der Waals surface area contributed by atoms with Crippen LogP contribution in [0.4, 0.5) is 11.6 Å². The molecule has 2 heterocycles. The number of ether oxygens (including phenoxy) is 1. The Morgan fingerprint density at radius 1 is 1.12 bits per heavy atom. The number of nitrogens with one attached hydrogen (secondary N) is 2. The molecule has 1 atom stereocenters. The van der Waals surface area contributed by atoms with E-state index in [1.807, 2.05) is 54.6 Å². The number of nitrogens with zero attached hydrogens (tertiary/aromatic N) is 1. The molecular weight excluding hydrogens is 432 g/mol. The summed E-state index contributed by atoms with van der Waals surface area (Å²) in [6.45, 7) is 4.71. The molecule has 2 aromatic carbocycles. The van der Waals surface area contributed by atoms with Gasteiger partial charge in [0.2, 0.25) is 0 Å².